The summed E-state index contributed by atoms with van der Waals surface area (Å²) in [4.78, 5) is 19.9. The molecule has 192 valence electrons. The van der Waals surface area contributed by atoms with E-state index in [4.69, 9.17) is 9.72 Å². The molecule has 2 aliphatic rings. The molecule has 0 bridgehead atoms. The maximum absolute atomic E-state index is 14.6. The van der Waals surface area contributed by atoms with Crippen LogP contribution >= 0.6 is 0 Å². The number of carbonyl (C=O) groups is 1. The van der Waals surface area contributed by atoms with E-state index in [0.717, 1.165) is 37.5 Å². The number of nitrogens with zero attached hydrogens (tertiary/aromatic N) is 3. The molecular formula is C26H35F3N4O2. The minimum absolute atomic E-state index is 0.0647. The Balaban J connectivity index is 1.80. The van der Waals surface area contributed by atoms with Crippen molar-refractivity contribution in [2.75, 3.05) is 32.8 Å². The fourth-order valence-electron chi connectivity index (χ4n) is 5.25. The first kappa shape index (κ1) is 25.7. The van der Waals surface area contributed by atoms with Gasteiger partial charge in [-0.15, -0.1) is 0 Å². The number of amides is 1. The van der Waals surface area contributed by atoms with Gasteiger partial charge in [-0.1, -0.05) is 13.8 Å². The minimum Gasteiger partial charge on any atom is -0.381 e. The molecule has 1 N–H and O–H groups in total. The molecule has 1 amide bonds. The standard InChI is InChI=1S/C26H35F3N4O2/c1-3-9-32-16-23(20-12-19(27)5-6-21(20)28)31-26(32)25(17-7-10-35-11-8-17)33(24(34)4-2)15-18-13-30-14-22(18)29/h5-6,12,16-18,22,25,30H,3-4,7-11,13-15H2,1-2H3. The van der Waals surface area contributed by atoms with Gasteiger partial charge in [0.2, 0.25) is 5.91 Å². The van der Waals surface area contributed by atoms with E-state index in [2.05, 4.69) is 5.32 Å². The van der Waals surface area contributed by atoms with E-state index in [0.29, 0.717) is 37.8 Å². The van der Waals surface area contributed by atoms with Crippen molar-refractivity contribution in [1.29, 1.82) is 0 Å². The molecule has 2 aromatic rings. The van der Waals surface area contributed by atoms with Gasteiger partial charge >= 0.3 is 0 Å². The molecule has 35 heavy (non-hydrogen) atoms. The summed E-state index contributed by atoms with van der Waals surface area (Å²) in [5.41, 5.74) is 0.418. The number of rotatable bonds is 9. The lowest BCUT2D eigenvalue weighted by Gasteiger charge is -2.40. The van der Waals surface area contributed by atoms with Crippen molar-refractivity contribution in [1.82, 2.24) is 19.8 Å². The number of aromatic nitrogens is 2. The molecule has 0 radical (unpaired) electrons. The number of ether oxygens (including phenoxy) is 1. The Bertz CT molecular complexity index is 1010. The van der Waals surface area contributed by atoms with Crippen molar-refractivity contribution in [3.63, 3.8) is 0 Å². The summed E-state index contributed by atoms with van der Waals surface area (Å²) < 4.78 is 50.8. The second-order valence-corrected chi connectivity index (χ2v) is 9.53. The summed E-state index contributed by atoms with van der Waals surface area (Å²) in [5, 5.41) is 3.08. The molecule has 3 atom stereocenters. The highest BCUT2D eigenvalue weighted by Gasteiger charge is 2.39. The number of carbonyl (C=O) groups excluding carboxylic acids is 1. The van der Waals surface area contributed by atoms with Crippen LogP contribution in [0, 0.1) is 23.5 Å². The smallest absolute Gasteiger partial charge is 0.222 e. The number of benzene rings is 1. The number of halogens is 3. The molecule has 3 unspecified atom stereocenters. The molecule has 3 heterocycles. The van der Waals surface area contributed by atoms with Crippen molar-refractivity contribution in [3.05, 3.63) is 41.9 Å². The predicted octanol–water partition coefficient (Wildman–Crippen LogP) is 4.50. The van der Waals surface area contributed by atoms with Gasteiger partial charge in [0.15, 0.2) is 0 Å². The van der Waals surface area contributed by atoms with Crippen LogP contribution in [0.4, 0.5) is 13.2 Å². The van der Waals surface area contributed by atoms with Gasteiger partial charge in [0.05, 0.1) is 11.7 Å². The summed E-state index contributed by atoms with van der Waals surface area (Å²) in [6, 6.07) is 2.92. The highest BCUT2D eigenvalue weighted by Crippen LogP contribution is 2.38. The molecule has 0 spiro atoms. The lowest BCUT2D eigenvalue weighted by Crippen LogP contribution is -2.45. The van der Waals surface area contributed by atoms with E-state index in [1.54, 1.807) is 11.1 Å². The van der Waals surface area contributed by atoms with Crippen LogP contribution in [0.15, 0.2) is 24.4 Å². The molecule has 6 nitrogen and oxygen atoms in total. The van der Waals surface area contributed by atoms with Crippen LogP contribution < -0.4 is 5.32 Å². The van der Waals surface area contributed by atoms with E-state index >= 15 is 0 Å². The quantitative estimate of drug-likeness (QED) is 0.560. The van der Waals surface area contributed by atoms with E-state index in [9.17, 15) is 18.0 Å². The molecule has 1 aromatic heterocycles. The number of aryl methyl sites for hydroxylation is 1. The van der Waals surface area contributed by atoms with Crippen LogP contribution in [0.25, 0.3) is 11.3 Å². The normalized spacial score (nSPS) is 21.9. The predicted molar refractivity (Wildman–Crippen MR) is 127 cm³/mol. The summed E-state index contributed by atoms with van der Waals surface area (Å²) in [6.07, 6.45) is 3.29. The van der Waals surface area contributed by atoms with E-state index in [-0.39, 0.29) is 42.8 Å². The van der Waals surface area contributed by atoms with Crippen LogP contribution in [0.1, 0.15) is 51.4 Å². The summed E-state index contributed by atoms with van der Waals surface area (Å²) >= 11 is 0. The average Bonchev–Trinajstić information content (AvgIpc) is 3.46. The van der Waals surface area contributed by atoms with Gasteiger partial charge in [-0.05, 0) is 43.4 Å². The van der Waals surface area contributed by atoms with Crippen LogP contribution in [-0.2, 0) is 16.1 Å². The number of nitrogens with one attached hydrogen (secondary N) is 1. The SMILES string of the molecule is CCCn1cc(-c2cc(F)ccc2F)nc1C(C1CCOCC1)N(CC1CNCC1F)C(=O)CC. The highest BCUT2D eigenvalue weighted by molar-refractivity contribution is 5.76. The van der Waals surface area contributed by atoms with Gasteiger partial charge in [0.1, 0.15) is 23.6 Å². The fourth-order valence-corrected chi connectivity index (χ4v) is 5.25. The van der Waals surface area contributed by atoms with Crippen LogP contribution in [0.2, 0.25) is 0 Å². The summed E-state index contributed by atoms with van der Waals surface area (Å²) in [5.74, 6) is -0.761. The second-order valence-electron chi connectivity index (χ2n) is 9.53. The molecule has 2 saturated heterocycles. The third-order valence-electron chi connectivity index (χ3n) is 7.10. The molecule has 0 aliphatic carbocycles. The van der Waals surface area contributed by atoms with E-state index in [1.165, 1.54) is 0 Å². The van der Waals surface area contributed by atoms with Gasteiger partial charge in [-0.25, -0.2) is 18.2 Å². The third-order valence-corrected chi connectivity index (χ3v) is 7.10. The first-order chi connectivity index (χ1) is 16.9. The zero-order valence-electron chi connectivity index (χ0n) is 20.5. The Labute approximate surface area is 204 Å². The van der Waals surface area contributed by atoms with Gasteiger partial charge in [-0.3, -0.25) is 4.79 Å². The van der Waals surface area contributed by atoms with Crippen LogP contribution in [0.3, 0.4) is 0 Å². The Kier molecular flexibility index (Phi) is 8.49. The first-order valence-corrected chi connectivity index (χ1v) is 12.7. The number of hydrogen-bond acceptors (Lipinski definition) is 4. The third kappa shape index (κ3) is 5.72. The maximum atomic E-state index is 14.6. The molecule has 2 fully saturated rings. The van der Waals surface area contributed by atoms with E-state index in [1.807, 2.05) is 18.4 Å². The van der Waals surface area contributed by atoms with Gasteiger partial charge in [0.25, 0.3) is 0 Å². The van der Waals surface area contributed by atoms with E-state index < -0.39 is 23.8 Å². The fraction of sp³-hybridized carbons (Fsp3) is 0.615. The van der Waals surface area contributed by atoms with Crippen molar-refractivity contribution in [3.8, 4) is 11.3 Å². The molecule has 4 rings (SSSR count). The topological polar surface area (TPSA) is 59.4 Å². The number of hydrogen-bond donors (Lipinski definition) is 1. The van der Waals surface area contributed by atoms with Crippen molar-refractivity contribution < 1.29 is 22.7 Å². The van der Waals surface area contributed by atoms with Crippen LogP contribution in [0.5, 0.6) is 0 Å². The summed E-state index contributed by atoms with van der Waals surface area (Å²) in [7, 11) is 0. The average molecular weight is 493 g/mol. The lowest BCUT2D eigenvalue weighted by molar-refractivity contribution is -0.137. The Morgan fingerprint density at radius 2 is 2.03 bits per heavy atom. The van der Waals surface area contributed by atoms with Crippen molar-refractivity contribution in [2.45, 2.75) is 58.3 Å². The molecular weight excluding hydrogens is 457 g/mol. The highest BCUT2D eigenvalue weighted by atomic mass is 19.1. The minimum atomic E-state index is -1.02. The molecule has 2 aliphatic heterocycles. The van der Waals surface area contributed by atoms with Crippen molar-refractivity contribution in [2.24, 2.45) is 11.8 Å². The first-order valence-electron chi connectivity index (χ1n) is 12.7. The Hall–Kier alpha value is -2.39. The Morgan fingerprint density at radius 1 is 1.26 bits per heavy atom. The number of alkyl halides is 1. The second kappa shape index (κ2) is 11.6. The van der Waals surface area contributed by atoms with Crippen LogP contribution in [-0.4, -0.2) is 59.4 Å². The zero-order chi connectivity index (χ0) is 24.9. The molecule has 0 saturated carbocycles. The Morgan fingerprint density at radius 3 is 2.69 bits per heavy atom. The zero-order valence-corrected chi connectivity index (χ0v) is 20.5. The van der Waals surface area contributed by atoms with Crippen molar-refractivity contribution >= 4 is 5.91 Å². The van der Waals surface area contributed by atoms with Gasteiger partial charge in [0, 0.05) is 63.5 Å². The molecule has 9 heteroatoms. The number of imidazole rings is 1. The summed E-state index contributed by atoms with van der Waals surface area (Å²) in [6.45, 7) is 6.69. The van der Waals surface area contributed by atoms with Gasteiger partial charge in [-0.2, -0.15) is 0 Å². The maximum Gasteiger partial charge on any atom is 0.222 e. The largest absolute Gasteiger partial charge is 0.381 e. The van der Waals surface area contributed by atoms with Gasteiger partial charge < -0.3 is 19.5 Å². The lowest BCUT2D eigenvalue weighted by atomic mass is 9.88. The monoisotopic (exact) mass is 492 g/mol. The molecule has 1 aromatic carbocycles.